The Hall–Kier alpha value is -0.860. The molecule has 1 N–H and O–H groups in total. The van der Waals surface area contributed by atoms with Crippen LogP contribution in [-0.2, 0) is 6.61 Å². The average molecular weight is 199 g/mol. The van der Waals surface area contributed by atoms with Gasteiger partial charge in [0.05, 0.1) is 11.6 Å². The molecular weight excluding hydrogens is 188 g/mol. The first-order valence-corrected chi connectivity index (χ1v) is 4.49. The second-order valence-electron chi connectivity index (χ2n) is 2.75. The van der Waals surface area contributed by atoms with Crippen LogP contribution in [0.3, 0.4) is 0 Å². The van der Waals surface area contributed by atoms with Crippen LogP contribution >= 0.6 is 11.6 Å². The van der Waals surface area contributed by atoms with E-state index in [9.17, 15) is 4.79 Å². The Bertz CT molecular complexity index is 321. The molecule has 1 aromatic rings. The highest BCUT2D eigenvalue weighted by Crippen LogP contribution is 2.19. The van der Waals surface area contributed by atoms with Crippen LogP contribution in [0.15, 0.2) is 18.2 Å². The van der Waals surface area contributed by atoms with Gasteiger partial charge < -0.3 is 5.11 Å². The molecular formula is C10H11ClO2. The van der Waals surface area contributed by atoms with Crippen LogP contribution in [0.4, 0.5) is 0 Å². The van der Waals surface area contributed by atoms with Gasteiger partial charge in [0.25, 0.3) is 0 Å². The van der Waals surface area contributed by atoms with E-state index < -0.39 is 0 Å². The Morgan fingerprint density at radius 2 is 2.23 bits per heavy atom. The lowest BCUT2D eigenvalue weighted by atomic mass is 10.1. The van der Waals surface area contributed by atoms with E-state index in [1.165, 1.54) is 0 Å². The molecule has 0 aliphatic carbocycles. The van der Waals surface area contributed by atoms with E-state index in [0.717, 1.165) is 0 Å². The van der Waals surface area contributed by atoms with E-state index >= 15 is 0 Å². The van der Waals surface area contributed by atoms with Crippen LogP contribution < -0.4 is 0 Å². The molecule has 0 unspecified atom stereocenters. The lowest BCUT2D eigenvalue weighted by Gasteiger charge is -2.03. The van der Waals surface area contributed by atoms with Gasteiger partial charge in [0.15, 0.2) is 5.78 Å². The molecule has 0 amide bonds. The Kier molecular flexibility index (Phi) is 3.46. The lowest BCUT2D eigenvalue weighted by Crippen LogP contribution is -1.99. The van der Waals surface area contributed by atoms with Gasteiger partial charge in [-0.25, -0.2) is 0 Å². The monoisotopic (exact) mass is 198 g/mol. The summed E-state index contributed by atoms with van der Waals surface area (Å²) in [7, 11) is 0. The van der Waals surface area contributed by atoms with Crippen molar-refractivity contribution in [2.75, 3.05) is 0 Å². The standard InChI is InChI=1S/C10H11ClO2/c1-2-10(13)8-5-7(6-12)3-4-9(8)11/h3-5,12H,2,6H2,1H3. The van der Waals surface area contributed by atoms with Gasteiger partial charge in [0.1, 0.15) is 0 Å². The fourth-order valence-electron chi connectivity index (χ4n) is 1.07. The van der Waals surface area contributed by atoms with Crippen LogP contribution in [0.5, 0.6) is 0 Å². The van der Waals surface area contributed by atoms with Gasteiger partial charge in [-0.15, -0.1) is 0 Å². The number of carbonyl (C=O) groups excluding carboxylic acids is 1. The Morgan fingerprint density at radius 3 is 2.77 bits per heavy atom. The summed E-state index contributed by atoms with van der Waals surface area (Å²) in [5.74, 6) is 0.000278. The zero-order valence-electron chi connectivity index (χ0n) is 7.38. The minimum Gasteiger partial charge on any atom is -0.392 e. The number of Topliss-reactive ketones (excluding diaryl/α,β-unsaturated/α-hetero) is 1. The molecule has 0 aliphatic rings. The summed E-state index contributed by atoms with van der Waals surface area (Å²) in [6.07, 6.45) is 0.425. The van der Waals surface area contributed by atoms with E-state index in [1.807, 2.05) is 0 Å². The van der Waals surface area contributed by atoms with E-state index in [4.69, 9.17) is 16.7 Å². The lowest BCUT2D eigenvalue weighted by molar-refractivity contribution is 0.0988. The van der Waals surface area contributed by atoms with Crippen LogP contribution in [0.25, 0.3) is 0 Å². The Balaban J connectivity index is 3.11. The molecule has 0 aromatic heterocycles. The zero-order valence-corrected chi connectivity index (χ0v) is 8.14. The molecule has 0 atom stereocenters. The van der Waals surface area contributed by atoms with Crippen molar-refractivity contribution in [2.24, 2.45) is 0 Å². The normalized spacial score (nSPS) is 10.1. The maximum atomic E-state index is 11.3. The molecule has 70 valence electrons. The van der Waals surface area contributed by atoms with Gasteiger partial charge >= 0.3 is 0 Å². The quantitative estimate of drug-likeness (QED) is 0.758. The summed E-state index contributed by atoms with van der Waals surface area (Å²) in [4.78, 5) is 11.3. The number of aliphatic hydroxyl groups excluding tert-OH is 1. The topological polar surface area (TPSA) is 37.3 Å². The third-order valence-corrected chi connectivity index (χ3v) is 2.16. The van der Waals surface area contributed by atoms with Crippen molar-refractivity contribution >= 4 is 17.4 Å². The number of aliphatic hydroxyl groups is 1. The van der Waals surface area contributed by atoms with E-state index in [-0.39, 0.29) is 12.4 Å². The molecule has 1 rings (SSSR count). The molecule has 0 fully saturated rings. The second kappa shape index (κ2) is 4.40. The second-order valence-corrected chi connectivity index (χ2v) is 3.16. The molecule has 0 saturated carbocycles. The van der Waals surface area contributed by atoms with Gasteiger partial charge in [-0.1, -0.05) is 24.6 Å². The number of benzene rings is 1. The van der Waals surface area contributed by atoms with E-state index in [1.54, 1.807) is 25.1 Å². The molecule has 0 spiro atoms. The number of carbonyl (C=O) groups is 1. The minimum atomic E-state index is -0.0683. The summed E-state index contributed by atoms with van der Waals surface area (Å²) in [6.45, 7) is 1.71. The predicted octanol–water partition coefficient (Wildman–Crippen LogP) is 2.43. The molecule has 0 bridgehead atoms. The Morgan fingerprint density at radius 1 is 1.54 bits per heavy atom. The molecule has 1 aromatic carbocycles. The van der Waals surface area contributed by atoms with Crippen molar-refractivity contribution in [3.8, 4) is 0 Å². The van der Waals surface area contributed by atoms with Gasteiger partial charge in [-0.2, -0.15) is 0 Å². The number of rotatable bonds is 3. The summed E-state index contributed by atoms with van der Waals surface area (Å²) in [5.41, 5.74) is 1.21. The summed E-state index contributed by atoms with van der Waals surface area (Å²) >= 11 is 5.82. The highest BCUT2D eigenvalue weighted by Gasteiger charge is 2.08. The summed E-state index contributed by atoms with van der Waals surface area (Å²) < 4.78 is 0. The number of halogens is 1. The van der Waals surface area contributed by atoms with Gasteiger partial charge in [-0.05, 0) is 17.7 Å². The average Bonchev–Trinajstić information content (AvgIpc) is 2.17. The number of hydrogen-bond acceptors (Lipinski definition) is 2. The maximum absolute atomic E-state index is 11.3. The molecule has 0 heterocycles. The van der Waals surface area contributed by atoms with E-state index in [2.05, 4.69) is 0 Å². The maximum Gasteiger partial charge on any atom is 0.164 e. The fourth-order valence-corrected chi connectivity index (χ4v) is 1.30. The third-order valence-electron chi connectivity index (χ3n) is 1.83. The number of ketones is 1. The van der Waals surface area contributed by atoms with Gasteiger partial charge in [-0.3, -0.25) is 4.79 Å². The molecule has 2 nitrogen and oxygen atoms in total. The predicted molar refractivity (Wildman–Crippen MR) is 52.0 cm³/mol. The van der Waals surface area contributed by atoms with Gasteiger partial charge in [0.2, 0.25) is 0 Å². The van der Waals surface area contributed by atoms with Crippen molar-refractivity contribution in [2.45, 2.75) is 20.0 Å². The molecule has 0 saturated heterocycles. The van der Waals surface area contributed by atoms with Crippen molar-refractivity contribution in [1.82, 2.24) is 0 Å². The van der Waals surface area contributed by atoms with E-state index in [0.29, 0.717) is 22.6 Å². The Labute approximate surface area is 82.2 Å². The molecule has 13 heavy (non-hydrogen) atoms. The SMILES string of the molecule is CCC(=O)c1cc(CO)ccc1Cl. The van der Waals surface area contributed by atoms with Crippen molar-refractivity contribution in [1.29, 1.82) is 0 Å². The molecule has 3 heteroatoms. The third kappa shape index (κ3) is 2.29. The van der Waals surface area contributed by atoms with Gasteiger partial charge in [0, 0.05) is 12.0 Å². The first-order valence-electron chi connectivity index (χ1n) is 4.11. The van der Waals surface area contributed by atoms with Crippen molar-refractivity contribution < 1.29 is 9.90 Å². The first-order chi connectivity index (χ1) is 6.19. The minimum absolute atomic E-state index is 0.000278. The molecule has 0 aliphatic heterocycles. The van der Waals surface area contributed by atoms with Crippen LogP contribution in [0.1, 0.15) is 29.3 Å². The van der Waals surface area contributed by atoms with Crippen LogP contribution in [0, 0.1) is 0 Å². The summed E-state index contributed by atoms with van der Waals surface area (Å²) in [5, 5.41) is 9.30. The highest BCUT2D eigenvalue weighted by atomic mass is 35.5. The summed E-state index contributed by atoms with van der Waals surface area (Å²) in [6, 6.07) is 4.97. The largest absolute Gasteiger partial charge is 0.392 e. The number of hydrogen-bond donors (Lipinski definition) is 1. The smallest absolute Gasteiger partial charge is 0.164 e. The van der Waals surface area contributed by atoms with Crippen LogP contribution in [-0.4, -0.2) is 10.9 Å². The van der Waals surface area contributed by atoms with Crippen molar-refractivity contribution in [3.05, 3.63) is 34.3 Å². The van der Waals surface area contributed by atoms with Crippen molar-refractivity contribution in [3.63, 3.8) is 0 Å². The molecule has 0 radical (unpaired) electrons. The fraction of sp³-hybridized carbons (Fsp3) is 0.300. The van der Waals surface area contributed by atoms with Crippen LogP contribution in [0.2, 0.25) is 5.02 Å². The highest BCUT2D eigenvalue weighted by molar-refractivity contribution is 6.33. The first kappa shape index (κ1) is 10.2. The zero-order chi connectivity index (χ0) is 9.84.